The molecule has 6 heteroatoms. The lowest BCUT2D eigenvalue weighted by atomic mass is 10.0. The molecular weight excluding hydrogens is 330 g/mol. The Kier molecular flexibility index (Phi) is 4.55. The van der Waals surface area contributed by atoms with Crippen molar-refractivity contribution in [1.29, 1.82) is 0 Å². The third-order valence-electron chi connectivity index (χ3n) is 3.02. The van der Waals surface area contributed by atoms with E-state index >= 15 is 0 Å². The van der Waals surface area contributed by atoms with Gasteiger partial charge >= 0.3 is 0 Å². The lowest BCUT2D eigenvalue weighted by Gasteiger charge is -2.12. The number of aliphatic hydroxyl groups is 1. The Morgan fingerprint density at radius 3 is 2.60 bits per heavy atom. The number of benzene rings is 1. The molecule has 0 fully saturated rings. The number of hydrogen-bond donors (Lipinski definition) is 1. The van der Waals surface area contributed by atoms with Crippen LogP contribution in [0.15, 0.2) is 28.9 Å². The van der Waals surface area contributed by atoms with Crippen molar-refractivity contribution < 1.29 is 13.9 Å². The van der Waals surface area contributed by atoms with Gasteiger partial charge in [-0.1, -0.05) is 6.07 Å². The molecule has 1 N–H and O–H groups in total. The first-order chi connectivity index (χ1) is 9.40. The normalized spacial score (nSPS) is 12.9. The van der Waals surface area contributed by atoms with Gasteiger partial charge in [0.15, 0.2) is 11.6 Å². The largest absolute Gasteiger partial charge is 0.388 e. The molecule has 0 amide bonds. The van der Waals surface area contributed by atoms with Crippen LogP contribution in [0.2, 0.25) is 0 Å². The van der Waals surface area contributed by atoms with Crippen molar-refractivity contribution in [2.75, 3.05) is 0 Å². The van der Waals surface area contributed by atoms with Gasteiger partial charge in [0, 0.05) is 18.7 Å². The van der Waals surface area contributed by atoms with E-state index in [9.17, 15) is 13.9 Å². The summed E-state index contributed by atoms with van der Waals surface area (Å²) in [7, 11) is 0. The summed E-state index contributed by atoms with van der Waals surface area (Å²) in [4.78, 5) is 0. The Morgan fingerprint density at radius 2 is 2.00 bits per heavy atom. The van der Waals surface area contributed by atoms with Gasteiger partial charge in [0.25, 0.3) is 0 Å². The predicted octanol–water partition coefficient (Wildman–Crippen LogP) is 3.78. The predicted molar refractivity (Wildman–Crippen MR) is 75.3 cm³/mol. The minimum Gasteiger partial charge on any atom is -0.388 e. The Bertz CT molecular complexity index is 613. The number of rotatable bonds is 4. The van der Waals surface area contributed by atoms with Crippen molar-refractivity contribution in [1.82, 2.24) is 9.78 Å². The summed E-state index contributed by atoms with van der Waals surface area (Å²) >= 11 is 2.97. The topological polar surface area (TPSA) is 38.0 Å². The lowest BCUT2D eigenvalue weighted by molar-refractivity contribution is 0.175. The van der Waals surface area contributed by atoms with Crippen LogP contribution in [-0.4, -0.2) is 14.9 Å². The van der Waals surface area contributed by atoms with Crippen LogP contribution in [0.1, 0.15) is 37.3 Å². The highest BCUT2D eigenvalue weighted by molar-refractivity contribution is 9.10. The summed E-state index contributed by atoms with van der Waals surface area (Å²) < 4.78 is 28.2. The van der Waals surface area contributed by atoms with E-state index in [0.717, 1.165) is 6.07 Å². The number of nitrogens with zero attached hydrogens (tertiary/aromatic N) is 2. The van der Waals surface area contributed by atoms with Gasteiger partial charge in [0.2, 0.25) is 0 Å². The van der Waals surface area contributed by atoms with Crippen LogP contribution in [-0.2, 0) is 6.42 Å². The van der Waals surface area contributed by atoms with E-state index in [2.05, 4.69) is 21.0 Å². The highest BCUT2D eigenvalue weighted by atomic mass is 79.9. The molecule has 1 unspecified atom stereocenters. The summed E-state index contributed by atoms with van der Waals surface area (Å²) in [6.45, 7) is 4.00. The van der Waals surface area contributed by atoms with Gasteiger partial charge in [-0.3, -0.25) is 4.68 Å². The van der Waals surface area contributed by atoms with Crippen LogP contribution in [0.5, 0.6) is 0 Å². The van der Waals surface area contributed by atoms with Gasteiger partial charge < -0.3 is 5.11 Å². The molecular formula is C14H15BrF2N2O. The first-order valence-corrected chi connectivity index (χ1v) is 7.05. The minimum absolute atomic E-state index is 0.0479. The molecule has 2 rings (SSSR count). The van der Waals surface area contributed by atoms with Gasteiger partial charge in [-0.2, -0.15) is 5.10 Å². The van der Waals surface area contributed by atoms with E-state index in [1.54, 1.807) is 10.7 Å². The average Bonchev–Trinajstić information content (AvgIpc) is 2.84. The first-order valence-electron chi connectivity index (χ1n) is 6.25. The zero-order valence-corrected chi connectivity index (χ0v) is 12.7. The molecule has 1 aromatic carbocycles. The molecule has 0 aliphatic carbocycles. The van der Waals surface area contributed by atoms with Crippen LogP contribution in [0, 0.1) is 11.6 Å². The smallest absolute Gasteiger partial charge is 0.173 e. The SMILES string of the molecule is CC(C)n1ccc(CC(O)c2ccc(F)c(F)c2Br)n1. The average molecular weight is 345 g/mol. The highest BCUT2D eigenvalue weighted by Gasteiger charge is 2.18. The fraction of sp³-hybridized carbons (Fsp3) is 0.357. The molecule has 0 aliphatic rings. The van der Waals surface area contributed by atoms with Crippen LogP contribution < -0.4 is 0 Å². The minimum atomic E-state index is -0.991. The molecule has 0 saturated heterocycles. The van der Waals surface area contributed by atoms with Crippen molar-refractivity contribution in [3.8, 4) is 0 Å². The number of aromatic nitrogens is 2. The Labute approximate surface area is 124 Å². The van der Waals surface area contributed by atoms with Crippen LogP contribution in [0.4, 0.5) is 8.78 Å². The van der Waals surface area contributed by atoms with E-state index in [-0.39, 0.29) is 16.9 Å². The molecule has 2 aromatic rings. The van der Waals surface area contributed by atoms with Crippen molar-refractivity contribution in [2.45, 2.75) is 32.4 Å². The van der Waals surface area contributed by atoms with Gasteiger partial charge in [0.05, 0.1) is 16.3 Å². The summed E-state index contributed by atoms with van der Waals surface area (Å²) in [5.41, 5.74) is 1.01. The van der Waals surface area contributed by atoms with Crippen molar-refractivity contribution >= 4 is 15.9 Å². The highest BCUT2D eigenvalue weighted by Crippen LogP contribution is 2.29. The van der Waals surface area contributed by atoms with Gasteiger partial charge in [-0.25, -0.2) is 8.78 Å². The second-order valence-electron chi connectivity index (χ2n) is 4.87. The Balaban J connectivity index is 2.19. The molecule has 0 saturated carbocycles. The molecule has 1 aromatic heterocycles. The third-order valence-corrected chi connectivity index (χ3v) is 3.83. The van der Waals surface area contributed by atoms with E-state index in [0.29, 0.717) is 11.3 Å². The van der Waals surface area contributed by atoms with E-state index in [1.807, 2.05) is 20.0 Å². The molecule has 3 nitrogen and oxygen atoms in total. The Hall–Kier alpha value is -1.27. The molecule has 0 spiro atoms. The van der Waals surface area contributed by atoms with Crippen LogP contribution in [0.3, 0.4) is 0 Å². The molecule has 0 radical (unpaired) electrons. The van der Waals surface area contributed by atoms with Crippen molar-refractivity contribution in [3.05, 3.63) is 51.8 Å². The summed E-state index contributed by atoms with van der Waals surface area (Å²) in [6.07, 6.45) is 1.12. The van der Waals surface area contributed by atoms with E-state index in [1.165, 1.54) is 6.07 Å². The first kappa shape index (κ1) is 15.1. The summed E-state index contributed by atoms with van der Waals surface area (Å²) in [5, 5.41) is 14.5. The third kappa shape index (κ3) is 3.07. The van der Waals surface area contributed by atoms with Crippen molar-refractivity contribution in [2.24, 2.45) is 0 Å². The van der Waals surface area contributed by atoms with Crippen LogP contribution in [0.25, 0.3) is 0 Å². The van der Waals surface area contributed by atoms with Gasteiger partial charge in [-0.05, 0) is 47.5 Å². The molecule has 1 heterocycles. The van der Waals surface area contributed by atoms with Crippen LogP contribution >= 0.6 is 15.9 Å². The van der Waals surface area contributed by atoms with E-state index < -0.39 is 17.7 Å². The van der Waals surface area contributed by atoms with Gasteiger partial charge in [-0.15, -0.1) is 0 Å². The number of aliphatic hydroxyl groups excluding tert-OH is 1. The summed E-state index contributed by atoms with van der Waals surface area (Å²) in [5.74, 6) is -1.94. The standard InChI is InChI=1S/C14H15BrF2N2O/c1-8(2)19-6-5-9(18-19)7-12(20)10-3-4-11(16)14(17)13(10)15/h3-6,8,12,20H,7H2,1-2H3. The van der Waals surface area contributed by atoms with E-state index in [4.69, 9.17) is 0 Å². The number of hydrogen-bond acceptors (Lipinski definition) is 2. The molecule has 1 atom stereocenters. The maximum Gasteiger partial charge on any atom is 0.173 e. The van der Waals surface area contributed by atoms with Gasteiger partial charge in [0.1, 0.15) is 0 Å². The Morgan fingerprint density at radius 1 is 1.30 bits per heavy atom. The molecule has 108 valence electrons. The fourth-order valence-electron chi connectivity index (χ4n) is 1.88. The second kappa shape index (κ2) is 6.01. The molecule has 20 heavy (non-hydrogen) atoms. The zero-order chi connectivity index (χ0) is 14.9. The maximum absolute atomic E-state index is 13.4. The molecule has 0 bridgehead atoms. The summed E-state index contributed by atoms with van der Waals surface area (Å²) in [6, 6.07) is 4.41. The second-order valence-corrected chi connectivity index (χ2v) is 5.66. The lowest BCUT2D eigenvalue weighted by Crippen LogP contribution is -2.07. The monoisotopic (exact) mass is 344 g/mol. The fourth-order valence-corrected chi connectivity index (χ4v) is 2.47. The maximum atomic E-state index is 13.4. The van der Waals surface area contributed by atoms with Crippen molar-refractivity contribution in [3.63, 3.8) is 0 Å². The quantitative estimate of drug-likeness (QED) is 0.857. The zero-order valence-electron chi connectivity index (χ0n) is 11.1. The molecule has 0 aliphatic heterocycles. The number of halogens is 3.